The molecule has 4 heteroatoms. The Kier molecular flexibility index (Phi) is 5.08. The van der Waals surface area contributed by atoms with E-state index in [1.54, 1.807) is 36.4 Å². The van der Waals surface area contributed by atoms with Gasteiger partial charge in [0.05, 0.1) is 11.6 Å². The van der Waals surface area contributed by atoms with Gasteiger partial charge in [-0.15, -0.1) is 0 Å². The van der Waals surface area contributed by atoms with E-state index in [2.05, 4.69) is 0 Å². The summed E-state index contributed by atoms with van der Waals surface area (Å²) in [6.07, 6.45) is 0. The van der Waals surface area contributed by atoms with Gasteiger partial charge in [-0.2, -0.15) is 5.26 Å². The Morgan fingerprint density at radius 2 is 1.40 bits per heavy atom. The molecule has 0 fully saturated rings. The van der Waals surface area contributed by atoms with Crippen molar-refractivity contribution in [1.29, 1.82) is 5.26 Å². The topological polar surface area (TPSA) is 59.3 Å². The number of carbonyl (C=O) groups is 1. The maximum atomic E-state index is 11.9. The van der Waals surface area contributed by atoms with E-state index in [1.165, 1.54) is 0 Å². The van der Waals surface area contributed by atoms with Crippen LogP contribution in [0.3, 0.4) is 0 Å². The summed E-state index contributed by atoms with van der Waals surface area (Å²) in [4.78, 5) is 11.9. The van der Waals surface area contributed by atoms with Crippen molar-refractivity contribution in [2.45, 2.75) is 0 Å². The Bertz CT molecular complexity index is 879. The first-order valence-electron chi connectivity index (χ1n) is 7.74. The van der Waals surface area contributed by atoms with Crippen LogP contribution >= 0.6 is 0 Å². The third-order valence-electron chi connectivity index (χ3n) is 3.53. The molecule has 0 saturated heterocycles. The first-order valence-corrected chi connectivity index (χ1v) is 7.74. The number of ether oxygens (including phenoxy) is 2. The normalized spacial score (nSPS) is 9.88. The Balaban J connectivity index is 1.55. The molecule has 122 valence electrons. The number of benzene rings is 3. The number of nitriles is 1. The van der Waals surface area contributed by atoms with E-state index in [-0.39, 0.29) is 6.61 Å². The van der Waals surface area contributed by atoms with Crippen molar-refractivity contribution < 1.29 is 14.3 Å². The van der Waals surface area contributed by atoms with Crippen LogP contribution in [0.5, 0.6) is 11.5 Å². The Labute approximate surface area is 145 Å². The molecule has 3 aromatic rings. The van der Waals surface area contributed by atoms with Gasteiger partial charge in [-0.3, -0.25) is 0 Å². The highest BCUT2D eigenvalue weighted by atomic mass is 16.6. The maximum Gasteiger partial charge on any atom is 0.349 e. The highest BCUT2D eigenvalue weighted by molar-refractivity contribution is 5.74. The van der Waals surface area contributed by atoms with Crippen LogP contribution in [0, 0.1) is 11.3 Å². The number of nitrogens with zero attached hydrogens (tertiary/aromatic N) is 1. The second kappa shape index (κ2) is 7.80. The van der Waals surface area contributed by atoms with E-state index in [4.69, 9.17) is 14.7 Å². The first-order chi connectivity index (χ1) is 12.2. The molecule has 0 radical (unpaired) electrons. The van der Waals surface area contributed by atoms with Gasteiger partial charge in [0, 0.05) is 0 Å². The molecule has 0 N–H and O–H groups in total. The van der Waals surface area contributed by atoms with Crippen LogP contribution in [0.4, 0.5) is 0 Å². The predicted molar refractivity (Wildman–Crippen MR) is 94.2 cm³/mol. The van der Waals surface area contributed by atoms with E-state index >= 15 is 0 Å². The lowest BCUT2D eigenvalue weighted by molar-refractivity contribution is -0.136. The molecule has 3 aromatic carbocycles. The Morgan fingerprint density at radius 1 is 0.800 bits per heavy atom. The second-order valence-electron chi connectivity index (χ2n) is 5.29. The minimum absolute atomic E-state index is 0.202. The number of hydrogen-bond donors (Lipinski definition) is 0. The van der Waals surface area contributed by atoms with Gasteiger partial charge in [0.15, 0.2) is 6.61 Å². The molecular formula is C21H15NO3. The van der Waals surface area contributed by atoms with E-state index < -0.39 is 5.97 Å². The lowest BCUT2D eigenvalue weighted by atomic mass is 10.1. The van der Waals surface area contributed by atoms with Crippen LogP contribution in [0.2, 0.25) is 0 Å². The number of carbonyl (C=O) groups excluding carboxylic acids is 1. The quantitative estimate of drug-likeness (QED) is 0.520. The monoisotopic (exact) mass is 329 g/mol. The summed E-state index contributed by atoms with van der Waals surface area (Å²) < 4.78 is 10.6. The van der Waals surface area contributed by atoms with Crippen molar-refractivity contribution in [1.82, 2.24) is 0 Å². The highest BCUT2D eigenvalue weighted by Crippen LogP contribution is 2.22. The number of hydrogen-bond acceptors (Lipinski definition) is 4. The molecule has 0 unspecified atom stereocenters. The Hall–Kier alpha value is -3.58. The molecule has 0 saturated carbocycles. The highest BCUT2D eigenvalue weighted by Gasteiger charge is 2.07. The van der Waals surface area contributed by atoms with Crippen LogP contribution in [0.15, 0.2) is 78.9 Å². The first kappa shape index (κ1) is 16.3. The summed E-state index contributed by atoms with van der Waals surface area (Å²) in [7, 11) is 0. The van der Waals surface area contributed by atoms with Crippen LogP contribution in [0.1, 0.15) is 5.56 Å². The van der Waals surface area contributed by atoms with Crippen LogP contribution < -0.4 is 9.47 Å². The fourth-order valence-corrected chi connectivity index (χ4v) is 2.27. The molecule has 0 aliphatic heterocycles. The smallest absolute Gasteiger partial charge is 0.349 e. The molecule has 0 aliphatic carbocycles. The lowest BCUT2D eigenvalue weighted by Gasteiger charge is -2.08. The molecule has 0 spiro atoms. The second-order valence-corrected chi connectivity index (χ2v) is 5.29. The molecule has 0 atom stereocenters. The molecule has 0 heterocycles. The number of esters is 1. The molecule has 0 bridgehead atoms. The standard InChI is InChI=1S/C21H15NO3/c22-14-16-6-10-19(11-7-16)24-15-21(23)25-20-12-8-18(9-13-20)17-4-2-1-3-5-17/h1-13H,15H2. The average Bonchev–Trinajstić information content (AvgIpc) is 2.68. The van der Waals surface area contributed by atoms with Crippen molar-refractivity contribution in [3.63, 3.8) is 0 Å². The van der Waals surface area contributed by atoms with E-state index in [0.717, 1.165) is 11.1 Å². The van der Waals surface area contributed by atoms with Gasteiger partial charge in [-0.05, 0) is 47.5 Å². The SMILES string of the molecule is N#Cc1ccc(OCC(=O)Oc2ccc(-c3ccccc3)cc2)cc1. The van der Waals surface area contributed by atoms with Crippen molar-refractivity contribution in [2.75, 3.05) is 6.61 Å². The zero-order valence-electron chi connectivity index (χ0n) is 13.4. The van der Waals surface area contributed by atoms with Gasteiger partial charge in [0.1, 0.15) is 11.5 Å². The van der Waals surface area contributed by atoms with Crippen LogP contribution in [0.25, 0.3) is 11.1 Å². The molecule has 3 rings (SSSR count). The third-order valence-corrected chi connectivity index (χ3v) is 3.53. The lowest BCUT2D eigenvalue weighted by Crippen LogP contribution is -2.17. The third kappa shape index (κ3) is 4.46. The molecule has 4 nitrogen and oxygen atoms in total. The summed E-state index contributed by atoms with van der Waals surface area (Å²) in [5.41, 5.74) is 2.69. The van der Waals surface area contributed by atoms with Crippen LogP contribution in [-0.2, 0) is 4.79 Å². The fourth-order valence-electron chi connectivity index (χ4n) is 2.27. The molecular weight excluding hydrogens is 314 g/mol. The Morgan fingerprint density at radius 3 is 2.04 bits per heavy atom. The minimum Gasteiger partial charge on any atom is -0.482 e. The maximum absolute atomic E-state index is 11.9. The molecule has 0 aromatic heterocycles. The summed E-state index contributed by atoms with van der Waals surface area (Å²) in [5, 5.41) is 8.74. The average molecular weight is 329 g/mol. The predicted octanol–water partition coefficient (Wildman–Crippen LogP) is 4.21. The molecule has 0 amide bonds. The van der Waals surface area contributed by atoms with Crippen molar-refractivity contribution in [3.05, 3.63) is 84.4 Å². The van der Waals surface area contributed by atoms with E-state index in [9.17, 15) is 4.79 Å². The largest absolute Gasteiger partial charge is 0.482 e. The van der Waals surface area contributed by atoms with Gasteiger partial charge < -0.3 is 9.47 Å². The van der Waals surface area contributed by atoms with Crippen molar-refractivity contribution >= 4 is 5.97 Å². The van der Waals surface area contributed by atoms with Crippen molar-refractivity contribution in [2.24, 2.45) is 0 Å². The molecule has 0 aliphatic rings. The van der Waals surface area contributed by atoms with Crippen LogP contribution in [-0.4, -0.2) is 12.6 Å². The van der Waals surface area contributed by atoms with Gasteiger partial charge in [0.2, 0.25) is 0 Å². The van der Waals surface area contributed by atoms with Gasteiger partial charge in [0.25, 0.3) is 0 Å². The fraction of sp³-hybridized carbons (Fsp3) is 0.0476. The summed E-state index contributed by atoms with van der Waals surface area (Å²) in [5.74, 6) is 0.486. The number of rotatable bonds is 5. The molecule has 25 heavy (non-hydrogen) atoms. The van der Waals surface area contributed by atoms with Crippen molar-refractivity contribution in [3.8, 4) is 28.7 Å². The zero-order valence-corrected chi connectivity index (χ0v) is 13.4. The minimum atomic E-state index is -0.489. The van der Waals surface area contributed by atoms with Gasteiger partial charge in [-0.25, -0.2) is 4.79 Å². The summed E-state index contributed by atoms with van der Waals surface area (Å²) >= 11 is 0. The zero-order chi connectivity index (χ0) is 17.5. The van der Waals surface area contributed by atoms with Gasteiger partial charge >= 0.3 is 5.97 Å². The summed E-state index contributed by atoms with van der Waals surface area (Å²) in [6, 6.07) is 25.8. The van der Waals surface area contributed by atoms with E-state index in [0.29, 0.717) is 17.1 Å². The van der Waals surface area contributed by atoms with Gasteiger partial charge in [-0.1, -0.05) is 42.5 Å². The van der Waals surface area contributed by atoms with E-state index in [1.807, 2.05) is 48.5 Å². The summed E-state index contributed by atoms with van der Waals surface area (Å²) in [6.45, 7) is -0.202.